The van der Waals surface area contributed by atoms with E-state index in [4.69, 9.17) is 11.6 Å². The standard InChI is InChI=1S/C15H17ClFN3/c16-13-10-11(17)6-7-14(13)20-9-8-18-15(20)19-12-4-2-1-3-5-12/h6-10,12H,1-5H2,(H,18,19). The number of anilines is 1. The molecule has 1 aliphatic carbocycles. The van der Waals surface area contributed by atoms with Gasteiger partial charge in [0.05, 0.1) is 10.7 Å². The molecule has 2 aromatic rings. The topological polar surface area (TPSA) is 29.9 Å². The highest BCUT2D eigenvalue weighted by Crippen LogP contribution is 2.26. The molecule has 1 heterocycles. The minimum absolute atomic E-state index is 0.333. The third kappa shape index (κ3) is 2.80. The summed E-state index contributed by atoms with van der Waals surface area (Å²) in [6.07, 6.45) is 9.74. The van der Waals surface area contributed by atoms with Crippen molar-refractivity contribution < 1.29 is 4.39 Å². The lowest BCUT2D eigenvalue weighted by Crippen LogP contribution is -2.24. The van der Waals surface area contributed by atoms with Gasteiger partial charge >= 0.3 is 0 Å². The Bertz CT molecular complexity index is 591. The van der Waals surface area contributed by atoms with E-state index in [9.17, 15) is 4.39 Å². The molecule has 0 unspecified atom stereocenters. The monoisotopic (exact) mass is 293 g/mol. The Labute approximate surface area is 122 Å². The van der Waals surface area contributed by atoms with Gasteiger partial charge in [0, 0.05) is 18.4 Å². The number of aromatic nitrogens is 2. The molecular weight excluding hydrogens is 277 g/mol. The van der Waals surface area contributed by atoms with E-state index in [-0.39, 0.29) is 5.82 Å². The van der Waals surface area contributed by atoms with Crippen molar-refractivity contribution in [1.82, 2.24) is 9.55 Å². The first-order chi connectivity index (χ1) is 9.74. The van der Waals surface area contributed by atoms with E-state index in [2.05, 4.69) is 10.3 Å². The van der Waals surface area contributed by atoms with Crippen LogP contribution < -0.4 is 5.32 Å². The van der Waals surface area contributed by atoms with Gasteiger partial charge in [-0.1, -0.05) is 30.9 Å². The maximum atomic E-state index is 13.1. The van der Waals surface area contributed by atoms with Crippen molar-refractivity contribution in [3.8, 4) is 5.69 Å². The molecule has 20 heavy (non-hydrogen) atoms. The van der Waals surface area contributed by atoms with Gasteiger partial charge in [-0.3, -0.25) is 4.57 Å². The lowest BCUT2D eigenvalue weighted by Gasteiger charge is -2.23. The van der Waals surface area contributed by atoms with Crippen LogP contribution in [-0.2, 0) is 0 Å². The van der Waals surface area contributed by atoms with E-state index in [1.165, 1.54) is 44.2 Å². The first-order valence-corrected chi connectivity index (χ1v) is 7.37. The molecule has 3 rings (SSSR count). The van der Waals surface area contributed by atoms with Gasteiger partial charge in [-0.2, -0.15) is 0 Å². The van der Waals surface area contributed by atoms with Crippen LogP contribution in [0.3, 0.4) is 0 Å². The molecule has 0 radical (unpaired) electrons. The molecular formula is C15H17ClFN3. The maximum absolute atomic E-state index is 13.1. The molecule has 1 aromatic carbocycles. The molecule has 1 fully saturated rings. The van der Waals surface area contributed by atoms with E-state index in [0.717, 1.165) is 11.6 Å². The smallest absolute Gasteiger partial charge is 0.207 e. The van der Waals surface area contributed by atoms with Crippen molar-refractivity contribution in [2.24, 2.45) is 0 Å². The number of halogens is 2. The highest BCUT2D eigenvalue weighted by atomic mass is 35.5. The molecule has 0 aliphatic heterocycles. The Morgan fingerprint density at radius 3 is 2.80 bits per heavy atom. The summed E-state index contributed by atoms with van der Waals surface area (Å²) in [5, 5.41) is 3.85. The molecule has 1 aliphatic rings. The second kappa shape index (κ2) is 5.83. The van der Waals surface area contributed by atoms with Gasteiger partial charge in [0.2, 0.25) is 5.95 Å². The summed E-state index contributed by atoms with van der Waals surface area (Å²) in [5.41, 5.74) is 0.740. The molecule has 1 aromatic heterocycles. The van der Waals surface area contributed by atoms with Crippen LogP contribution in [0.2, 0.25) is 5.02 Å². The summed E-state index contributed by atoms with van der Waals surface area (Å²) in [4.78, 5) is 4.35. The van der Waals surface area contributed by atoms with Crippen LogP contribution in [0.1, 0.15) is 32.1 Å². The first kappa shape index (κ1) is 13.4. The van der Waals surface area contributed by atoms with Crippen LogP contribution in [0.15, 0.2) is 30.6 Å². The van der Waals surface area contributed by atoms with Crippen molar-refractivity contribution >= 4 is 17.5 Å². The Balaban J connectivity index is 1.85. The molecule has 1 N–H and O–H groups in total. The van der Waals surface area contributed by atoms with Crippen molar-refractivity contribution in [1.29, 1.82) is 0 Å². The predicted octanol–water partition coefficient (Wildman–Crippen LogP) is 4.41. The molecule has 0 saturated heterocycles. The quantitative estimate of drug-likeness (QED) is 0.908. The number of hydrogen-bond acceptors (Lipinski definition) is 2. The van der Waals surface area contributed by atoms with Gasteiger partial charge in [-0.05, 0) is 31.0 Å². The summed E-state index contributed by atoms with van der Waals surface area (Å²) in [7, 11) is 0. The molecule has 0 amide bonds. The first-order valence-electron chi connectivity index (χ1n) is 6.99. The minimum atomic E-state index is -0.333. The zero-order chi connectivity index (χ0) is 13.9. The van der Waals surface area contributed by atoms with Gasteiger partial charge < -0.3 is 5.32 Å². The van der Waals surface area contributed by atoms with Crippen LogP contribution >= 0.6 is 11.6 Å². The average Bonchev–Trinajstić information content (AvgIpc) is 2.88. The minimum Gasteiger partial charge on any atom is -0.353 e. The molecule has 0 bridgehead atoms. The number of imidazole rings is 1. The van der Waals surface area contributed by atoms with Crippen LogP contribution in [0.25, 0.3) is 5.69 Å². The summed E-state index contributed by atoms with van der Waals surface area (Å²) in [6.45, 7) is 0. The fourth-order valence-corrected chi connectivity index (χ4v) is 2.97. The summed E-state index contributed by atoms with van der Waals surface area (Å²) in [6, 6.07) is 4.86. The summed E-state index contributed by atoms with van der Waals surface area (Å²) < 4.78 is 15.0. The molecule has 3 nitrogen and oxygen atoms in total. The van der Waals surface area contributed by atoms with Gasteiger partial charge in [-0.25, -0.2) is 9.37 Å². The fraction of sp³-hybridized carbons (Fsp3) is 0.400. The Kier molecular flexibility index (Phi) is 3.92. The van der Waals surface area contributed by atoms with E-state index < -0.39 is 0 Å². The van der Waals surface area contributed by atoms with E-state index in [1.54, 1.807) is 12.3 Å². The van der Waals surface area contributed by atoms with Crippen LogP contribution in [0, 0.1) is 5.82 Å². The van der Waals surface area contributed by atoms with Crippen LogP contribution in [0.4, 0.5) is 10.3 Å². The van der Waals surface area contributed by atoms with E-state index >= 15 is 0 Å². The fourth-order valence-electron chi connectivity index (χ4n) is 2.71. The third-order valence-corrected chi connectivity index (χ3v) is 4.05. The Hall–Kier alpha value is -1.55. The Morgan fingerprint density at radius 2 is 2.05 bits per heavy atom. The summed E-state index contributed by atoms with van der Waals surface area (Å²) >= 11 is 6.12. The van der Waals surface area contributed by atoms with Gasteiger partial charge in [-0.15, -0.1) is 0 Å². The van der Waals surface area contributed by atoms with Crippen molar-refractivity contribution in [2.75, 3.05) is 5.32 Å². The average molecular weight is 294 g/mol. The van der Waals surface area contributed by atoms with Gasteiger partial charge in [0.25, 0.3) is 0 Å². The van der Waals surface area contributed by atoms with Crippen molar-refractivity contribution in [3.05, 3.63) is 41.4 Å². The maximum Gasteiger partial charge on any atom is 0.207 e. The number of rotatable bonds is 3. The number of nitrogens with one attached hydrogen (secondary N) is 1. The highest BCUT2D eigenvalue weighted by Gasteiger charge is 2.16. The van der Waals surface area contributed by atoms with E-state index in [0.29, 0.717) is 11.1 Å². The van der Waals surface area contributed by atoms with Crippen LogP contribution in [-0.4, -0.2) is 15.6 Å². The largest absolute Gasteiger partial charge is 0.353 e. The van der Waals surface area contributed by atoms with Crippen LogP contribution in [0.5, 0.6) is 0 Å². The second-order valence-electron chi connectivity index (χ2n) is 5.20. The predicted molar refractivity (Wildman–Crippen MR) is 79.0 cm³/mol. The Morgan fingerprint density at radius 1 is 1.25 bits per heavy atom. The van der Waals surface area contributed by atoms with Gasteiger partial charge in [0.15, 0.2) is 0 Å². The zero-order valence-corrected chi connectivity index (χ0v) is 11.9. The number of hydrogen-bond donors (Lipinski definition) is 1. The molecule has 0 spiro atoms. The lowest BCUT2D eigenvalue weighted by atomic mass is 9.96. The second-order valence-corrected chi connectivity index (χ2v) is 5.60. The highest BCUT2D eigenvalue weighted by molar-refractivity contribution is 6.32. The SMILES string of the molecule is Fc1ccc(-n2ccnc2NC2CCCCC2)c(Cl)c1. The van der Waals surface area contributed by atoms with E-state index in [1.807, 2.05) is 10.8 Å². The molecule has 106 valence electrons. The molecule has 0 atom stereocenters. The number of nitrogens with zero attached hydrogens (tertiary/aromatic N) is 2. The number of benzene rings is 1. The lowest BCUT2D eigenvalue weighted by molar-refractivity contribution is 0.460. The van der Waals surface area contributed by atoms with Gasteiger partial charge in [0.1, 0.15) is 5.82 Å². The van der Waals surface area contributed by atoms with Crippen molar-refractivity contribution in [3.63, 3.8) is 0 Å². The third-order valence-electron chi connectivity index (χ3n) is 3.75. The molecule has 1 saturated carbocycles. The zero-order valence-electron chi connectivity index (χ0n) is 11.1. The molecule has 5 heteroatoms. The van der Waals surface area contributed by atoms with Crippen molar-refractivity contribution in [2.45, 2.75) is 38.1 Å². The normalized spacial score (nSPS) is 16.3. The summed E-state index contributed by atoms with van der Waals surface area (Å²) in [5.74, 6) is 0.436.